The highest BCUT2D eigenvalue weighted by Gasteiger charge is 2.38. The van der Waals surface area contributed by atoms with Crippen molar-refractivity contribution in [1.82, 2.24) is 9.80 Å². The van der Waals surface area contributed by atoms with Crippen molar-refractivity contribution in [3.05, 3.63) is 0 Å². The van der Waals surface area contributed by atoms with Crippen LogP contribution >= 0.6 is 0 Å². The lowest BCUT2D eigenvalue weighted by atomic mass is 9.88. The second-order valence-corrected chi connectivity index (χ2v) is 8.65. The van der Waals surface area contributed by atoms with Gasteiger partial charge in [-0.1, -0.05) is 0 Å². The van der Waals surface area contributed by atoms with Crippen LogP contribution in [0.3, 0.4) is 0 Å². The van der Waals surface area contributed by atoms with E-state index in [9.17, 15) is 13.2 Å². The van der Waals surface area contributed by atoms with Gasteiger partial charge in [0.1, 0.15) is 5.60 Å². The molecule has 0 aromatic rings. The molecule has 1 aliphatic heterocycles. The average Bonchev–Trinajstić information content (AvgIpc) is 2.30. The summed E-state index contributed by atoms with van der Waals surface area (Å²) in [6, 6.07) is 0.354. The van der Waals surface area contributed by atoms with Crippen LogP contribution in [-0.2, 0) is 19.0 Å². The number of carbonyl (C=O) groups excluding carboxylic acids is 1. The van der Waals surface area contributed by atoms with Gasteiger partial charge in [-0.25, -0.2) is 4.79 Å². The summed E-state index contributed by atoms with van der Waals surface area (Å²) in [5, 5.41) is 0. The summed E-state index contributed by atoms with van der Waals surface area (Å²) in [6.45, 7) is 8.43. The zero-order valence-electron chi connectivity index (χ0n) is 13.7. The topological polar surface area (TPSA) is 76.2 Å². The molecular formula is C14H26N2O5S. The third-order valence-corrected chi connectivity index (χ3v) is 4.48. The van der Waals surface area contributed by atoms with E-state index in [0.717, 1.165) is 32.2 Å². The molecule has 0 spiro atoms. The molecule has 128 valence electrons. The standard InChI is InChI=1S/C14H26N2O5S/c1-14(2,3)20-13(17)16-7-5-15(6-8-16)11-9-12(10-11)21-22(4,18)19/h11-12H,5-10H2,1-4H3. The summed E-state index contributed by atoms with van der Waals surface area (Å²) in [4.78, 5) is 16.0. The van der Waals surface area contributed by atoms with E-state index in [2.05, 4.69) is 4.90 Å². The quantitative estimate of drug-likeness (QED) is 0.718. The van der Waals surface area contributed by atoms with Crippen LogP contribution < -0.4 is 0 Å². The minimum absolute atomic E-state index is 0.191. The Hall–Kier alpha value is -0.860. The molecule has 1 saturated heterocycles. The fourth-order valence-electron chi connectivity index (χ4n) is 2.76. The Morgan fingerprint density at radius 3 is 2.09 bits per heavy atom. The van der Waals surface area contributed by atoms with E-state index < -0.39 is 15.7 Å². The fourth-order valence-corrected chi connectivity index (χ4v) is 3.41. The van der Waals surface area contributed by atoms with E-state index in [1.165, 1.54) is 0 Å². The molecule has 22 heavy (non-hydrogen) atoms. The number of carbonyl (C=O) groups is 1. The molecule has 0 atom stereocenters. The predicted octanol–water partition coefficient (Wildman–Crippen LogP) is 1.05. The molecule has 2 fully saturated rings. The van der Waals surface area contributed by atoms with Crippen LogP contribution in [0.4, 0.5) is 4.79 Å². The number of piperazine rings is 1. The fraction of sp³-hybridized carbons (Fsp3) is 0.929. The highest BCUT2D eigenvalue weighted by atomic mass is 32.2. The van der Waals surface area contributed by atoms with Crippen LogP contribution in [0.1, 0.15) is 33.6 Å². The van der Waals surface area contributed by atoms with Crippen LogP contribution in [0.5, 0.6) is 0 Å². The summed E-state index contributed by atoms with van der Waals surface area (Å²) >= 11 is 0. The maximum Gasteiger partial charge on any atom is 0.410 e. The number of amides is 1. The smallest absolute Gasteiger partial charge is 0.410 e. The Kier molecular flexibility index (Phi) is 5.03. The van der Waals surface area contributed by atoms with Gasteiger partial charge >= 0.3 is 6.09 Å². The maximum atomic E-state index is 12.0. The lowest BCUT2D eigenvalue weighted by Gasteiger charge is -2.45. The van der Waals surface area contributed by atoms with Gasteiger partial charge in [0.05, 0.1) is 12.4 Å². The van der Waals surface area contributed by atoms with Crippen LogP contribution in [0.15, 0.2) is 0 Å². The van der Waals surface area contributed by atoms with Gasteiger partial charge in [-0.15, -0.1) is 0 Å². The van der Waals surface area contributed by atoms with Gasteiger partial charge in [0.15, 0.2) is 0 Å². The number of nitrogens with zero attached hydrogens (tertiary/aromatic N) is 2. The molecule has 8 heteroatoms. The molecule has 0 aromatic heterocycles. The lowest BCUT2D eigenvalue weighted by molar-refractivity contribution is -0.0163. The Morgan fingerprint density at radius 1 is 1.09 bits per heavy atom. The normalized spacial score (nSPS) is 27.4. The van der Waals surface area contributed by atoms with E-state index in [-0.39, 0.29) is 12.2 Å². The number of hydrogen-bond donors (Lipinski definition) is 0. The number of rotatable bonds is 3. The van der Waals surface area contributed by atoms with Crippen molar-refractivity contribution >= 4 is 16.2 Å². The van der Waals surface area contributed by atoms with Crippen molar-refractivity contribution in [1.29, 1.82) is 0 Å². The molecule has 2 rings (SSSR count). The number of hydrogen-bond acceptors (Lipinski definition) is 6. The summed E-state index contributed by atoms with van der Waals surface area (Å²) in [5.74, 6) is 0. The molecule has 0 bridgehead atoms. The summed E-state index contributed by atoms with van der Waals surface area (Å²) in [5.41, 5.74) is -0.474. The van der Waals surface area contributed by atoms with E-state index in [0.29, 0.717) is 19.1 Å². The van der Waals surface area contributed by atoms with Gasteiger partial charge in [-0.05, 0) is 33.6 Å². The molecule has 7 nitrogen and oxygen atoms in total. The van der Waals surface area contributed by atoms with Gasteiger partial charge in [0.2, 0.25) is 0 Å². The average molecular weight is 334 g/mol. The molecule has 0 radical (unpaired) electrons. The highest BCUT2D eigenvalue weighted by Crippen LogP contribution is 2.30. The first-order valence-corrected chi connectivity index (χ1v) is 9.45. The van der Waals surface area contributed by atoms with E-state index >= 15 is 0 Å². The Bertz CT molecular complexity index is 500. The minimum atomic E-state index is -3.36. The zero-order valence-corrected chi connectivity index (χ0v) is 14.6. The Balaban J connectivity index is 1.72. The second-order valence-electron chi connectivity index (χ2n) is 7.05. The number of ether oxygens (including phenoxy) is 1. The highest BCUT2D eigenvalue weighted by molar-refractivity contribution is 7.86. The van der Waals surface area contributed by atoms with Crippen LogP contribution in [0.25, 0.3) is 0 Å². The monoisotopic (exact) mass is 334 g/mol. The van der Waals surface area contributed by atoms with Gasteiger partial charge < -0.3 is 9.64 Å². The van der Waals surface area contributed by atoms with Crippen LogP contribution in [-0.4, -0.2) is 74.5 Å². The lowest BCUT2D eigenvalue weighted by Crippen LogP contribution is -2.57. The van der Waals surface area contributed by atoms with Crippen LogP contribution in [0, 0.1) is 0 Å². The van der Waals surface area contributed by atoms with Gasteiger partial charge in [0.25, 0.3) is 10.1 Å². The molecule has 1 amide bonds. The molecule has 0 unspecified atom stereocenters. The van der Waals surface area contributed by atoms with Crippen molar-refractivity contribution in [2.75, 3.05) is 32.4 Å². The van der Waals surface area contributed by atoms with Crippen molar-refractivity contribution < 1.29 is 22.1 Å². The van der Waals surface area contributed by atoms with Crippen molar-refractivity contribution in [2.24, 2.45) is 0 Å². The first-order valence-electron chi connectivity index (χ1n) is 7.64. The third kappa shape index (κ3) is 5.10. The summed E-state index contributed by atoms with van der Waals surface area (Å²) < 4.78 is 32.4. The van der Waals surface area contributed by atoms with Crippen LogP contribution in [0.2, 0.25) is 0 Å². The van der Waals surface area contributed by atoms with Crippen molar-refractivity contribution in [3.63, 3.8) is 0 Å². The van der Waals surface area contributed by atoms with Crippen molar-refractivity contribution in [2.45, 2.75) is 51.4 Å². The Labute approximate surface area is 132 Å². The van der Waals surface area contributed by atoms with Gasteiger partial charge in [-0.3, -0.25) is 9.08 Å². The second kappa shape index (κ2) is 6.33. The molecule has 2 aliphatic rings. The molecule has 1 aliphatic carbocycles. The van der Waals surface area contributed by atoms with E-state index in [1.54, 1.807) is 4.90 Å². The van der Waals surface area contributed by atoms with E-state index in [4.69, 9.17) is 8.92 Å². The molecule has 0 aromatic carbocycles. The van der Waals surface area contributed by atoms with E-state index in [1.807, 2.05) is 20.8 Å². The first-order chi connectivity index (χ1) is 10.0. The molecule has 1 heterocycles. The Morgan fingerprint density at radius 2 is 1.64 bits per heavy atom. The van der Waals surface area contributed by atoms with Gasteiger partial charge in [0, 0.05) is 32.2 Å². The largest absolute Gasteiger partial charge is 0.444 e. The minimum Gasteiger partial charge on any atom is -0.444 e. The van der Waals surface area contributed by atoms with Gasteiger partial charge in [-0.2, -0.15) is 8.42 Å². The SMILES string of the molecule is CC(C)(C)OC(=O)N1CCN(C2CC(OS(C)(=O)=O)C2)CC1. The maximum absolute atomic E-state index is 12.0. The molecule has 0 N–H and O–H groups in total. The third-order valence-electron chi connectivity index (χ3n) is 3.86. The summed E-state index contributed by atoms with van der Waals surface area (Å²) in [6.07, 6.45) is 2.10. The predicted molar refractivity (Wildman–Crippen MR) is 82.1 cm³/mol. The van der Waals surface area contributed by atoms with Crippen molar-refractivity contribution in [3.8, 4) is 0 Å². The first kappa shape index (κ1) is 17.5. The zero-order chi connectivity index (χ0) is 16.5. The molecular weight excluding hydrogens is 308 g/mol. The summed E-state index contributed by atoms with van der Waals surface area (Å²) in [7, 11) is -3.36. The molecule has 1 saturated carbocycles.